The zero-order valence-corrected chi connectivity index (χ0v) is 17.7. The number of nitrogens with one attached hydrogen (secondary N) is 1. The van der Waals surface area contributed by atoms with Crippen LogP contribution in [0.1, 0.15) is 62.2 Å². The molecule has 0 saturated heterocycles. The van der Waals surface area contributed by atoms with Crippen LogP contribution in [0.5, 0.6) is 0 Å². The first kappa shape index (κ1) is 20.1. The van der Waals surface area contributed by atoms with Crippen LogP contribution in [0.15, 0.2) is 16.9 Å². The molecule has 2 aliphatic carbocycles. The van der Waals surface area contributed by atoms with Crippen molar-refractivity contribution in [2.75, 3.05) is 12.9 Å². The van der Waals surface area contributed by atoms with Crippen LogP contribution in [0.25, 0.3) is 0 Å². The lowest BCUT2D eigenvalue weighted by molar-refractivity contribution is -0.00837. The van der Waals surface area contributed by atoms with E-state index >= 15 is 0 Å². The Kier molecular flexibility index (Phi) is 5.69. The molecular weight excluding hydrogens is 376 g/mol. The maximum Gasteiger partial charge on any atom is 0.254 e. The molecule has 0 spiro atoms. The van der Waals surface area contributed by atoms with E-state index in [0.29, 0.717) is 25.0 Å². The molecule has 2 heterocycles. The molecule has 156 valence electrons. The third kappa shape index (κ3) is 4.52. The number of nitrogens with zero attached hydrogens (tertiary/aromatic N) is 1. The summed E-state index contributed by atoms with van der Waals surface area (Å²) >= 11 is 0. The molecule has 0 bridgehead atoms. The lowest BCUT2D eigenvalue weighted by Crippen LogP contribution is -2.49. The molecule has 7 heteroatoms. The van der Waals surface area contributed by atoms with Crippen molar-refractivity contribution >= 4 is 10.0 Å². The SMILES string of the molecule is Cc1ccc2n(c1=O)[C@@H](COC1CCC(C3CC3)CC1)[C@@H](NS(C)(=O)=O)CC2. The van der Waals surface area contributed by atoms with Crippen molar-refractivity contribution in [2.45, 2.75) is 76.5 Å². The highest BCUT2D eigenvalue weighted by atomic mass is 32.2. The number of pyridine rings is 1. The minimum absolute atomic E-state index is 0.0384. The Balaban J connectivity index is 1.49. The van der Waals surface area contributed by atoms with Crippen molar-refractivity contribution in [3.8, 4) is 0 Å². The summed E-state index contributed by atoms with van der Waals surface area (Å²) in [6.45, 7) is 2.18. The third-order valence-corrected chi connectivity index (χ3v) is 7.51. The van der Waals surface area contributed by atoms with Gasteiger partial charge in [0.25, 0.3) is 5.56 Å². The first-order chi connectivity index (χ1) is 13.3. The van der Waals surface area contributed by atoms with Crippen LogP contribution in [0.4, 0.5) is 0 Å². The van der Waals surface area contributed by atoms with Gasteiger partial charge in [0.2, 0.25) is 10.0 Å². The van der Waals surface area contributed by atoms with E-state index < -0.39 is 10.0 Å². The summed E-state index contributed by atoms with van der Waals surface area (Å²) < 4.78 is 34.6. The number of aromatic nitrogens is 1. The molecule has 2 atom stereocenters. The fourth-order valence-corrected chi connectivity index (χ4v) is 5.89. The predicted molar refractivity (Wildman–Crippen MR) is 109 cm³/mol. The molecule has 1 aromatic rings. The lowest BCUT2D eigenvalue weighted by Gasteiger charge is -2.37. The monoisotopic (exact) mass is 408 g/mol. The topological polar surface area (TPSA) is 77.4 Å². The summed E-state index contributed by atoms with van der Waals surface area (Å²) in [4.78, 5) is 12.8. The zero-order valence-electron chi connectivity index (χ0n) is 16.9. The standard InChI is InChI=1S/C21H32N2O4S/c1-14-3-8-17-9-12-19(22-28(2,25)26)20(23(17)21(14)24)13-27-18-10-6-16(7-11-18)15-4-5-15/h3,8,15-16,18-20,22H,4-7,9-13H2,1-2H3/t16?,18?,19-,20-/m0/s1. The summed E-state index contributed by atoms with van der Waals surface area (Å²) in [7, 11) is -3.36. The first-order valence-corrected chi connectivity index (χ1v) is 12.5. The van der Waals surface area contributed by atoms with Gasteiger partial charge in [-0.05, 0) is 76.2 Å². The molecule has 0 aromatic carbocycles. The van der Waals surface area contributed by atoms with E-state index in [9.17, 15) is 13.2 Å². The largest absolute Gasteiger partial charge is 0.376 e. The Hall–Kier alpha value is -1.18. The molecule has 4 rings (SSSR count). The number of sulfonamides is 1. The van der Waals surface area contributed by atoms with Crippen molar-refractivity contribution in [2.24, 2.45) is 11.8 Å². The van der Waals surface area contributed by atoms with E-state index in [2.05, 4.69) is 4.72 Å². The molecule has 0 unspecified atom stereocenters. The Bertz CT molecular complexity index is 867. The third-order valence-electron chi connectivity index (χ3n) is 6.77. The number of hydrogen-bond acceptors (Lipinski definition) is 4. The number of aryl methyl sites for hydroxylation is 2. The molecule has 0 amide bonds. The van der Waals surface area contributed by atoms with Crippen LogP contribution in [0.3, 0.4) is 0 Å². The summed E-state index contributed by atoms with van der Waals surface area (Å²) in [5, 5.41) is 0. The van der Waals surface area contributed by atoms with Crippen LogP contribution in [0, 0.1) is 18.8 Å². The fraction of sp³-hybridized carbons (Fsp3) is 0.762. The van der Waals surface area contributed by atoms with Crippen molar-refractivity contribution < 1.29 is 13.2 Å². The van der Waals surface area contributed by atoms with E-state index in [1.165, 1.54) is 31.9 Å². The lowest BCUT2D eigenvalue weighted by atomic mass is 9.84. The normalized spacial score (nSPS) is 30.8. The molecule has 1 aromatic heterocycles. The summed E-state index contributed by atoms with van der Waals surface area (Å²) in [5.74, 6) is 1.83. The summed E-state index contributed by atoms with van der Waals surface area (Å²) in [6, 6.07) is 3.23. The van der Waals surface area contributed by atoms with Gasteiger partial charge in [0.05, 0.1) is 25.0 Å². The van der Waals surface area contributed by atoms with E-state index in [4.69, 9.17) is 4.74 Å². The van der Waals surface area contributed by atoms with Gasteiger partial charge in [-0.25, -0.2) is 13.1 Å². The van der Waals surface area contributed by atoms with Crippen LogP contribution in [0.2, 0.25) is 0 Å². The highest BCUT2D eigenvalue weighted by Gasteiger charge is 2.36. The van der Waals surface area contributed by atoms with Gasteiger partial charge in [-0.1, -0.05) is 6.07 Å². The summed E-state index contributed by atoms with van der Waals surface area (Å²) in [5.41, 5.74) is 1.61. The molecule has 1 N–H and O–H groups in total. The number of rotatable bonds is 6. The van der Waals surface area contributed by atoms with Gasteiger partial charge >= 0.3 is 0 Å². The van der Waals surface area contributed by atoms with Gasteiger partial charge in [-0.15, -0.1) is 0 Å². The van der Waals surface area contributed by atoms with Gasteiger partial charge in [0.15, 0.2) is 0 Å². The van der Waals surface area contributed by atoms with Gasteiger partial charge in [0.1, 0.15) is 0 Å². The second kappa shape index (κ2) is 7.92. The molecule has 0 radical (unpaired) electrons. The zero-order chi connectivity index (χ0) is 19.9. The van der Waals surface area contributed by atoms with Crippen molar-refractivity contribution in [1.82, 2.24) is 9.29 Å². The number of fused-ring (bicyclic) bond motifs is 1. The highest BCUT2D eigenvalue weighted by molar-refractivity contribution is 7.88. The van der Waals surface area contributed by atoms with Gasteiger partial charge < -0.3 is 9.30 Å². The highest BCUT2D eigenvalue weighted by Crippen LogP contribution is 2.44. The smallest absolute Gasteiger partial charge is 0.254 e. The van der Waals surface area contributed by atoms with Crippen LogP contribution < -0.4 is 10.3 Å². The predicted octanol–water partition coefficient (Wildman–Crippen LogP) is 2.55. The fourth-order valence-electron chi connectivity index (χ4n) is 5.07. The molecule has 3 aliphatic rings. The molecule has 28 heavy (non-hydrogen) atoms. The van der Waals surface area contributed by atoms with Crippen LogP contribution in [-0.2, 0) is 21.2 Å². The number of ether oxygens (including phenoxy) is 1. The minimum Gasteiger partial charge on any atom is -0.376 e. The van der Waals surface area contributed by atoms with E-state index in [1.54, 1.807) is 11.5 Å². The van der Waals surface area contributed by atoms with E-state index in [0.717, 1.165) is 30.4 Å². The summed E-state index contributed by atoms with van der Waals surface area (Å²) in [6.07, 6.45) is 10.2. The number of hydrogen-bond donors (Lipinski definition) is 1. The Morgan fingerprint density at radius 1 is 1.07 bits per heavy atom. The van der Waals surface area contributed by atoms with Crippen LogP contribution in [-0.4, -0.2) is 38.0 Å². The first-order valence-electron chi connectivity index (χ1n) is 10.6. The molecule has 6 nitrogen and oxygen atoms in total. The van der Waals surface area contributed by atoms with Crippen LogP contribution >= 0.6 is 0 Å². The molecule has 2 saturated carbocycles. The average Bonchev–Trinajstić information content (AvgIpc) is 3.48. The maximum absolute atomic E-state index is 12.8. The average molecular weight is 409 g/mol. The minimum atomic E-state index is -3.36. The Morgan fingerprint density at radius 3 is 2.32 bits per heavy atom. The quantitative estimate of drug-likeness (QED) is 0.785. The van der Waals surface area contributed by atoms with Gasteiger partial charge in [0, 0.05) is 17.3 Å². The van der Waals surface area contributed by atoms with Crippen molar-refractivity contribution in [1.29, 1.82) is 0 Å². The van der Waals surface area contributed by atoms with Gasteiger partial charge in [-0.2, -0.15) is 0 Å². The van der Waals surface area contributed by atoms with E-state index in [-0.39, 0.29) is 23.7 Å². The van der Waals surface area contributed by atoms with E-state index in [1.807, 2.05) is 12.1 Å². The van der Waals surface area contributed by atoms with Gasteiger partial charge in [-0.3, -0.25) is 4.79 Å². The Morgan fingerprint density at radius 2 is 1.71 bits per heavy atom. The maximum atomic E-state index is 12.8. The molecule has 2 fully saturated rings. The molecule has 1 aliphatic heterocycles. The second-order valence-electron chi connectivity index (χ2n) is 8.99. The van der Waals surface area contributed by atoms with Crippen molar-refractivity contribution in [3.63, 3.8) is 0 Å². The second-order valence-corrected chi connectivity index (χ2v) is 10.8. The van der Waals surface area contributed by atoms with Crippen molar-refractivity contribution in [3.05, 3.63) is 33.7 Å². The Labute approximate surface area is 167 Å². The molecular formula is C21H32N2O4S.